The van der Waals surface area contributed by atoms with Gasteiger partial charge in [0.15, 0.2) is 5.82 Å². The normalized spacial score (nSPS) is 17.0. The summed E-state index contributed by atoms with van der Waals surface area (Å²) in [6.07, 6.45) is -0.0653. The first-order valence-corrected chi connectivity index (χ1v) is 21.6. The number of phenolic OH excluding ortho intramolecular Hbond substituents is 1. The number of rotatable bonds is 13. The Bertz CT molecular complexity index is 2520. The molecule has 4 bridgehead atoms. The number of benzene rings is 3. The lowest BCUT2D eigenvalue weighted by molar-refractivity contribution is -0.141. The van der Waals surface area contributed by atoms with Crippen LogP contribution >= 0.6 is 0 Å². The van der Waals surface area contributed by atoms with E-state index in [1.54, 1.807) is 51.1 Å². The number of fused-ring (bicyclic) bond motifs is 5. The standard InChI is InChI=1S/C48H59N11O7/c1-26-40(27(2)55-42(54-26)31-10-13-33(14-11-31)48(5,6)7)45(63)57-36(17-18-49)47(65)59(8)41-32-12-16-39(66-22-21-52-29(4)51)35(25-32)34-23-30(9-15-38(34)60)24-37(44(62)53-20-19-50)58-43(61)28(3)56-46(41)64/h9-16,23,25,28,36-37,41,60H,17-18,20-22,24,49H2,1-8H3,(H2,51,52)(H,53,62)(H,56,64)(H,57,63)(H,58,61)/t28-,36?,37-,41-/m0/s1. The third-order valence-corrected chi connectivity index (χ3v) is 11.1. The number of aliphatic imine (C=N–C) groups is 1. The molecule has 0 radical (unpaired) electrons. The molecule has 4 atom stereocenters. The minimum atomic E-state index is -1.44. The molecule has 9 N–H and O–H groups in total. The first kappa shape index (κ1) is 49.6. The van der Waals surface area contributed by atoms with Crippen molar-refractivity contribution in [2.45, 2.75) is 90.9 Å². The van der Waals surface area contributed by atoms with Gasteiger partial charge >= 0.3 is 0 Å². The quantitative estimate of drug-likeness (QED) is 0.0442. The number of aromatic hydroxyl groups is 1. The number of aryl methyl sites for hydroxylation is 2. The van der Waals surface area contributed by atoms with Crippen molar-refractivity contribution in [3.05, 3.63) is 94.3 Å². The van der Waals surface area contributed by atoms with Crippen LogP contribution < -0.4 is 37.5 Å². The molecular formula is C48H59N11O7. The Morgan fingerprint density at radius 1 is 1.02 bits per heavy atom. The SMILES string of the molecule is CC(N)=NCCOc1ccc2cc1-c1cc(ccc1O)C[C@@H](C(=O)NCC#N)NC(=O)[C@H](C)NC(=O)[C@H]2N(C)C(=O)C(CCN)NC(=O)c1c(C)nc(-c2ccc(C(C)(C)C)cc2)nc1C. The van der Waals surface area contributed by atoms with Gasteiger partial charge in [-0.05, 0) is 87.0 Å². The van der Waals surface area contributed by atoms with Crippen molar-refractivity contribution in [1.29, 1.82) is 5.26 Å². The number of ether oxygens (including phenoxy) is 1. The molecule has 5 amide bonds. The van der Waals surface area contributed by atoms with E-state index in [1.165, 1.54) is 20.0 Å². The van der Waals surface area contributed by atoms with Crippen molar-refractivity contribution in [1.82, 2.24) is 36.1 Å². The van der Waals surface area contributed by atoms with Gasteiger partial charge in [-0.25, -0.2) is 9.97 Å². The molecule has 0 fully saturated rings. The van der Waals surface area contributed by atoms with Crippen LogP contribution in [-0.2, 0) is 31.0 Å². The fourth-order valence-corrected chi connectivity index (χ4v) is 7.58. The van der Waals surface area contributed by atoms with E-state index in [-0.39, 0.29) is 72.7 Å². The van der Waals surface area contributed by atoms with Crippen LogP contribution in [-0.4, -0.2) is 107 Å². The molecule has 1 aliphatic heterocycles. The first-order valence-electron chi connectivity index (χ1n) is 21.6. The highest BCUT2D eigenvalue weighted by Gasteiger charge is 2.36. The number of carbonyl (C=O) groups is 5. The predicted molar refractivity (Wildman–Crippen MR) is 249 cm³/mol. The summed E-state index contributed by atoms with van der Waals surface area (Å²) in [6, 6.07) is 14.0. The number of hydrogen-bond donors (Lipinski definition) is 7. The molecule has 0 spiro atoms. The number of nitriles is 1. The van der Waals surface area contributed by atoms with E-state index in [0.29, 0.717) is 34.2 Å². The number of hydrogen-bond acceptors (Lipinski definition) is 12. The Hall–Kier alpha value is -7.39. The van der Waals surface area contributed by atoms with E-state index in [2.05, 4.69) is 57.0 Å². The Morgan fingerprint density at radius 2 is 1.70 bits per heavy atom. The van der Waals surface area contributed by atoms with Gasteiger partial charge in [0, 0.05) is 30.2 Å². The molecule has 0 saturated carbocycles. The summed E-state index contributed by atoms with van der Waals surface area (Å²) in [7, 11) is 1.39. The van der Waals surface area contributed by atoms with E-state index in [1.807, 2.05) is 30.3 Å². The third kappa shape index (κ3) is 12.0. The molecule has 18 nitrogen and oxygen atoms in total. The summed E-state index contributed by atoms with van der Waals surface area (Å²) in [5.41, 5.74) is 15.9. The molecule has 0 aliphatic carbocycles. The second-order valence-corrected chi connectivity index (χ2v) is 17.2. The molecule has 1 aromatic heterocycles. The molecule has 348 valence electrons. The lowest BCUT2D eigenvalue weighted by atomic mass is 9.86. The smallest absolute Gasteiger partial charge is 0.255 e. The van der Waals surface area contributed by atoms with Gasteiger partial charge in [0.1, 0.15) is 48.8 Å². The van der Waals surface area contributed by atoms with E-state index in [0.717, 1.165) is 16.0 Å². The van der Waals surface area contributed by atoms with Gasteiger partial charge in [-0.3, -0.25) is 29.0 Å². The van der Waals surface area contributed by atoms with Crippen LogP contribution in [0, 0.1) is 25.2 Å². The van der Waals surface area contributed by atoms with Crippen LogP contribution in [0.2, 0.25) is 0 Å². The van der Waals surface area contributed by atoms with Crippen molar-refractivity contribution in [2.75, 3.05) is 33.3 Å². The highest BCUT2D eigenvalue weighted by atomic mass is 16.5. The highest BCUT2D eigenvalue weighted by Crippen LogP contribution is 2.39. The topological polar surface area (TPSA) is 280 Å². The van der Waals surface area contributed by atoms with Crippen LogP contribution in [0.5, 0.6) is 11.5 Å². The number of aromatic nitrogens is 2. The summed E-state index contributed by atoms with van der Waals surface area (Å²) in [4.78, 5) is 84.9. The molecule has 0 saturated heterocycles. The number of phenols is 1. The summed E-state index contributed by atoms with van der Waals surface area (Å²) in [5.74, 6) is -2.57. The number of carbonyl (C=O) groups excluding carboxylic acids is 5. The average molecular weight is 902 g/mol. The number of amides is 5. The summed E-state index contributed by atoms with van der Waals surface area (Å²) >= 11 is 0. The molecule has 2 heterocycles. The second kappa shape index (κ2) is 21.5. The summed E-state index contributed by atoms with van der Waals surface area (Å²) < 4.78 is 6.14. The van der Waals surface area contributed by atoms with Gasteiger partial charge < -0.3 is 47.5 Å². The van der Waals surface area contributed by atoms with E-state index in [9.17, 15) is 29.1 Å². The lowest BCUT2D eigenvalue weighted by Crippen LogP contribution is -2.56. The monoisotopic (exact) mass is 901 g/mol. The number of likely N-dealkylation sites (N-methyl/N-ethyl adjacent to an activating group) is 1. The molecule has 4 aromatic rings. The van der Waals surface area contributed by atoms with Crippen LogP contribution in [0.3, 0.4) is 0 Å². The Balaban J connectivity index is 1.55. The Morgan fingerprint density at radius 3 is 2.32 bits per heavy atom. The van der Waals surface area contributed by atoms with Gasteiger partial charge in [-0.15, -0.1) is 0 Å². The molecule has 1 unspecified atom stereocenters. The van der Waals surface area contributed by atoms with Crippen LogP contribution in [0.1, 0.15) is 85.5 Å². The molecule has 66 heavy (non-hydrogen) atoms. The third-order valence-electron chi connectivity index (χ3n) is 11.1. The van der Waals surface area contributed by atoms with Gasteiger partial charge in [-0.1, -0.05) is 57.2 Å². The van der Waals surface area contributed by atoms with Gasteiger partial charge in [0.25, 0.3) is 5.91 Å². The zero-order valence-corrected chi connectivity index (χ0v) is 38.6. The zero-order chi connectivity index (χ0) is 48.5. The minimum absolute atomic E-state index is 0.0147. The van der Waals surface area contributed by atoms with Crippen LogP contribution in [0.4, 0.5) is 0 Å². The Kier molecular flexibility index (Phi) is 16.2. The van der Waals surface area contributed by atoms with Crippen molar-refractivity contribution in [3.8, 4) is 40.1 Å². The van der Waals surface area contributed by atoms with E-state index < -0.39 is 53.7 Å². The van der Waals surface area contributed by atoms with Crippen molar-refractivity contribution < 1.29 is 33.8 Å². The van der Waals surface area contributed by atoms with E-state index in [4.69, 9.17) is 21.5 Å². The molecule has 18 heteroatoms. The average Bonchev–Trinajstić information content (AvgIpc) is 3.26. The number of amidine groups is 1. The molecule has 5 rings (SSSR count). The highest BCUT2D eigenvalue weighted by molar-refractivity contribution is 6.00. The van der Waals surface area contributed by atoms with Crippen molar-refractivity contribution >= 4 is 35.4 Å². The summed E-state index contributed by atoms with van der Waals surface area (Å²) in [6.45, 7) is 12.8. The van der Waals surface area contributed by atoms with Crippen molar-refractivity contribution in [2.24, 2.45) is 16.5 Å². The number of nitrogens with one attached hydrogen (secondary N) is 4. The summed E-state index contributed by atoms with van der Waals surface area (Å²) in [5, 5.41) is 31.1. The largest absolute Gasteiger partial charge is 0.507 e. The van der Waals surface area contributed by atoms with Crippen LogP contribution in [0.25, 0.3) is 22.5 Å². The Labute approximate surface area is 384 Å². The fraction of sp³-hybridized carbons (Fsp3) is 0.396. The minimum Gasteiger partial charge on any atom is -0.507 e. The molecule has 3 aromatic carbocycles. The van der Waals surface area contributed by atoms with Gasteiger partial charge in [0.2, 0.25) is 23.6 Å². The predicted octanol–water partition coefficient (Wildman–Crippen LogP) is 3.02. The van der Waals surface area contributed by atoms with Crippen LogP contribution in [0.15, 0.2) is 65.7 Å². The number of nitrogens with two attached hydrogens (primary N) is 2. The first-order chi connectivity index (χ1) is 31.2. The maximum absolute atomic E-state index is 14.7. The number of nitrogens with zero attached hydrogens (tertiary/aromatic N) is 5. The van der Waals surface area contributed by atoms with E-state index >= 15 is 0 Å². The molecule has 1 aliphatic rings. The fourth-order valence-electron chi connectivity index (χ4n) is 7.58. The zero-order valence-electron chi connectivity index (χ0n) is 38.6. The maximum atomic E-state index is 14.7. The second-order valence-electron chi connectivity index (χ2n) is 17.2. The lowest BCUT2D eigenvalue weighted by Gasteiger charge is -2.32. The van der Waals surface area contributed by atoms with Gasteiger partial charge in [0.05, 0.1) is 35.4 Å². The van der Waals surface area contributed by atoms with Crippen molar-refractivity contribution in [3.63, 3.8) is 0 Å². The maximum Gasteiger partial charge on any atom is 0.255 e. The molecular weight excluding hydrogens is 843 g/mol. The van der Waals surface area contributed by atoms with Gasteiger partial charge in [-0.2, -0.15) is 5.26 Å².